The molecule has 0 atom stereocenters. The van der Waals surface area contributed by atoms with E-state index in [0.29, 0.717) is 28.8 Å². The van der Waals surface area contributed by atoms with Gasteiger partial charge in [0, 0.05) is 39.0 Å². The van der Waals surface area contributed by atoms with Gasteiger partial charge in [-0.1, -0.05) is 30.0 Å². The zero-order valence-electron chi connectivity index (χ0n) is 18.3. The molecule has 1 aliphatic rings. The van der Waals surface area contributed by atoms with Crippen LogP contribution in [0.2, 0.25) is 0 Å². The Morgan fingerprint density at radius 1 is 1.21 bits per heavy atom. The van der Waals surface area contributed by atoms with Crippen molar-refractivity contribution in [1.29, 1.82) is 0 Å². The molecular formula is C24H20N6O2S2. The lowest BCUT2D eigenvalue weighted by atomic mass is 10.1. The Balaban J connectivity index is 1.24. The van der Waals surface area contributed by atoms with Crippen molar-refractivity contribution in [3.8, 4) is 11.4 Å². The van der Waals surface area contributed by atoms with Crippen LogP contribution in [-0.4, -0.2) is 31.1 Å². The first-order chi connectivity index (χ1) is 16.7. The van der Waals surface area contributed by atoms with E-state index < -0.39 is 0 Å². The Morgan fingerprint density at radius 3 is 2.79 bits per heavy atom. The van der Waals surface area contributed by atoms with Gasteiger partial charge in [-0.05, 0) is 60.5 Å². The van der Waals surface area contributed by atoms with Crippen molar-refractivity contribution in [1.82, 2.24) is 25.2 Å². The molecule has 0 bridgehead atoms. The Hall–Kier alpha value is -3.50. The fourth-order valence-corrected chi connectivity index (χ4v) is 5.67. The molecule has 3 aromatic heterocycles. The molecule has 2 aromatic carbocycles. The third kappa shape index (κ3) is 4.10. The second-order valence-corrected chi connectivity index (χ2v) is 10.2. The largest absolute Gasteiger partial charge is 0.451 e. The van der Waals surface area contributed by atoms with E-state index in [1.54, 1.807) is 23.1 Å². The van der Waals surface area contributed by atoms with Crippen LogP contribution in [0.1, 0.15) is 40.7 Å². The predicted molar refractivity (Wildman–Crippen MR) is 132 cm³/mol. The molecule has 0 radical (unpaired) electrons. The predicted octanol–water partition coefficient (Wildman–Crippen LogP) is 5.73. The molecule has 6 rings (SSSR count). The summed E-state index contributed by atoms with van der Waals surface area (Å²) in [6, 6.07) is 15.7. The number of thiazole rings is 1. The van der Waals surface area contributed by atoms with E-state index in [1.165, 1.54) is 0 Å². The van der Waals surface area contributed by atoms with Crippen LogP contribution in [0.3, 0.4) is 0 Å². The number of para-hydroxylation sites is 1. The van der Waals surface area contributed by atoms with Crippen LogP contribution < -0.4 is 5.32 Å². The van der Waals surface area contributed by atoms with Gasteiger partial charge in [-0.3, -0.25) is 4.79 Å². The van der Waals surface area contributed by atoms with Gasteiger partial charge in [0.2, 0.25) is 0 Å². The van der Waals surface area contributed by atoms with Crippen LogP contribution in [0.25, 0.3) is 22.4 Å². The molecule has 0 aliphatic heterocycles. The van der Waals surface area contributed by atoms with Crippen molar-refractivity contribution in [2.24, 2.45) is 0 Å². The summed E-state index contributed by atoms with van der Waals surface area (Å²) in [7, 11) is 0. The summed E-state index contributed by atoms with van der Waals surface area (Å²) in [5.74, 6) is 1.38. The highest BCUT2D eigenvalue weighted by Gasteiger charge is 2.28. The first-order valence-electron chi connectivity index (χ1n) is 10.9. The van der Waals surface area contributed by atoms with Crippen LogP contribution in [0, 0.1) is 6.92 Å². The topological polar surface area (TPSA) is 98.7 Å². The van der Waals surface area contributed by atoms with Gasteiger partial charge in [-0.15, -0.1) is 16.4 Å². The molecule has 0 spiro atoms. The van der Waals surface area contributed by atoms with E-state index >= 15 is 0 Å². The van der Waals surface area contributed by atoms with Gasteiger partial charge in [0.25, 0.3) is 5.91 Å². The van der Waals surface area contributed by atoms with Crippen LogP contribution in [0.4, 0.5) is 5.69 Å². The molecule has 10 heteroatoms. The van der Waals surface area contributed by atoms with Crippen molar-refractivity contribution in [3.05, 3.63) is 70.9 Å². The van der Waals surface area contributed by atoms with E-state index in [0.717, 1.165) is 45.2 Å². The second kappa shape index (κ2) is 8.69. The molecule has 1 amide bonds. The maximum absolute atomic E-state index is 13.2. The zero-order valence-corrected chi connectivity index (χ0v) is 19.9. The van der Waals surface area contributed by atoms with Crippen LogP contribution in [-0.2, 0) is 5.75 Å². The number of nitrogens with one attached hydrogen (secondary N) is 1. The molecule has 5 aromatic rings. The lowest BCUT2D eigenvalue weighted by Crippen LogP contribution is -2.12. The van der Waals surface area contributed by atoms with Crippen molar-refractivity contribution in [2.45, 2.75) is 35.9 Å². The van der Waals surface area contributed by atoms with Crippen molar-refractivity contribution in [3.63, 3.8) is 0 Å². The van der Waals surface area contributed by atoms with Gasteiger partial charge in [0.05, 0.1) is 6.04 Å². The van der Waals surface area contributed by atoms with Gasteiger partial charge in [0.1, 0.15) is 9.92 Å². The minimum atomic E-state index is -0.280. The lowest BCUT2D eigenvalue weighted by Gasteiger charge is -2.07. The number of rotatable bonds is 7. The van der Waals surface area contributed by atoms with Gasteiger partial charge in [-0.25, -0.2) is 9.67 Å². The summed E-state index contributed by atoms with van der Waals surface area (Å²) in [4.78, 5) is 17.7. The maximum atomic E-state index is 13.2. The molecule has 1 aliphatic carbocycles. The van der Waals surface area contributed by atoms with Crippen LogP contribution in [0.15, 0.2) is 62.7 Å². The molecular weight excluding hydrogens is 468 g/mol. The lowest BCUT2D eigenvalue weighted by molar-refractivity contribution is 0.0998. The number of fused-ring (bicyclic) bond motifs is 1. The molecule has 170 valence electrons. The second-order valence-electron chi connectivity index (χ2n) is 8.16. The Labute approximate surface area is 203 Å². The molecule has 1 fully saturated rings. The summed E-state index contributed by atoms with van der Waals surface area (Å²) >= 11 is 3.21. The van der Waals surface area contributed by atoms with Gasteiger partial charge < -0.3 is 9.73 Å². The molecule has 34 heavy (non-hydrogen) atoms. The molecule has 0 saturated heterocycles. The van der Waals surface area contributed by atoms with E-state index in [9.17, 15) is 4.79 Å². The number of anilines is 1. The summed E-state index contributed by atoms with van der Waals surface area (Å²) in [5, 5.41) is 18.0. The minimum Gasteiger partial charge on any atom is -0.451 e. The van der Waals surface area contributed by atoms with Crippen LogP contribution in [0.5, 0.6) is 0 Å². The Kier molecular flexibility index (Phi) is 5.39. The van der Waals surface area contributed by atoms with Crippen molar-refractivity contribution in [2.75, 3.05) is 5.32 Å². The Morgan fingerprint density at radius 2 is 2.03 bits per heavy atom. The number of aromatic nitrogens is 5. The highest BCUT2D eigenvalue weighted by atomic mass is 32.2. The third-order valence-corrected chi connectivity index (χ3v) is 7.79. The fourth-order valence-electron chi connectivity index (χ4n) is 3.80. The summed E-state index contributed by atoms with van der Waals surface area (Å²) in [6.07, 6.45) is 2.21. The Bertz CT molecular complexity index is 1480. The van der Waals surface area contributed by atoms with Gasteiger partial charge in [0.15, 0.2) is 11.6 Å². The number of nitrogens with zero attached hydrogens (tertiary/aromatic N) is 5. The number of carbonyl (C=O) groups excluding carboxylic acids is 1. The number of furan rings is 1. The minimum absolute atomic E-state index is 0.280. The summed E-state index contributed by atoms with van der Waals surface area (Å²) in [5.41, 5.74) is 4.15. The number of tetrazole rings is 1. The average Bonchev–Trinajstić information content (AvgIpc) is 3.25. The SMILES string of the molecule is Cc1csc(SCc2c(C(=O)Nc3ccc(-c4nnnn4C4CC4)cc3)oc3ccccc23)n1. The van der Waals surface area contributed by atoms with Crippen molar-refractivity contribution < 1.29 is 9.21 Å². The zero-order chi connectivity index (χ0) is 23.1. The number of amides is 1. The highest BCUT2D eigenvalue weighted by Crippen LogP contribution is 2.37. The standard InChI is InChI=1S/C24H20N6O2S2/c1-14-12-33-24(25-14)34-13-19-18-4-2-3-5-20(18)32-21(19)23(31)26-16-8-6-15(7-9-16)22-27-28-29-30(22)17-10-11-17/h2-9,12,17H,10-11,13H2,1H3,(H,26,31). The summed E-state index contributed by atoms with van der Waals surface area (Å²) in [6.45, 7) is 1.98. The number of hydrogen-bond donors (Lipinski definition) is 1. The summed E-state index contributed by atoms with van der Waals surface area (Å²) < 4.78 is 8.83. The van der Waals surface area contributed by atoms with E-state index in [-0.39, 0.29) is 5.91 Å². The van der Waals surface area contributed by atoms with E-state index in [4.69, 9.17) is 4.42 Å². The number of hydrogen-bond acceptors (Lipinski definition) is 8. The molecule has 1 saturated carbocycles. The monoisotopic (exact) mass is 488 g/mol. The first kappa shape index (κ1) is 21.1. The third-order valence-electron chi connectivity index (χ3n) is 5.63. The highest BCUT2D eigenvalue weighted by molar-refractivity contribution is 8.00. The number of carbonyl (C=O) groups is 1. The smallest absolute Gasteiger partial charge is 0.291 e. The average molecular weight is 489 g/mol. The van der Waals surface area contributed by atoms with Crippen molar-refractivity contribution >= 4 is 45.7 Å². The molecule has 3 heterocycles. The van der Waals surface area contributed by atoms with Gasteiger partial charge >= 0.3 is 0 Å². The van der Waals surface area contributed by atoms with E-state index in [2.05, 4.69) is 25.8 Å². The first-order valence-corrected chi connectivity index (χ1v) is 12.8. The molecule has 8 nitrogen and oxygen atoms in total. The maximum Gasteiger partial charge on any atom is 0.291 e. The fraction of sp³-hybridized carbons (Fsp3) is 0.208. The molecule has 0 unspecified atom stereocenters. The number of thioether (sulfide) groups is 1. The van der Waals surface area contributed by atoms with E-state index in [1.807, 2.05) is 65.5 Å². The number of benzene rings is 2. The van der Waals surface area contributed by atoms with Gasteiger partial charge in [-0.2, -0.15) is 0 Å². The van der Waals surface area contributed by atoms with Crippen LogP contribution >= 0.6 is 23.1 Å². The molecule has 1 N–H and O–H groups in total. The normalized spacial score (nSPS) is 13.4. The quantitative estimate of drug-likeness (QED) is 0.292. The number of aryl methyl sites for hydroxylation is 1.